The number of carbonyl (C=O) groups is 4. The maximum Gasteiger partial charge on any atom is 0.485 e. The van der Waals surface area contributed by atoms with Crippen LogP contribution < -0.4 is 9.30 Å². The predicted molar refractivity (Wildman–Crippen MR) is 193 cm³/mol. The number of fused-ring (bicyclic) bond motifs is 2. The number of halogens is 5. The molecule has 17 heteroatoms. The van der Waals surface area contributed by atoms with Gasteiger partial charge in [0.05, 0.1) is 25.3 Å². The van der Waals surface area contributed by atoms with E-state index in [4.69, 9.17) is 22.5 Å². The van der Waals surface area contributed by atoms with Gasteiger partial charge in [0.2, 0.25) is 11.0 Å². The number of ether oxygens (including phenoxy) is 1. The number of unbranched alkanes of at least 4 members (excludes halogenated alkanes) is 7. The van der Waals surface area contributed by atoms with E-state index in [0.717, 1.165) is 73.3 Å². The number of imide groups is 1. The van der Waals surface area contributed by atoms with Gasteiger partial charge in [0.15, 0.2) is 15.9 Å². The number of aryl methyl sites for hydroxylation is 1. The third-order valence-electron chi connectivity index (χ3n) is 8.24. The Morgan fingerprint density at radius 2 is 1.21 bits per heavy atom. The van der Waals surface area contributed by atoms with E-state index >= 15 is 0 Å². The van der Waals surface area contributed by atoms with E-state index in [0.29, 0.717) is 31.7 Å². The zero-order chi connectivity index (χ0) is 38.8. The van der Waals surface area contributed by atoms with E-state index < -0.39 is 39.4 Å². The Kier molecular flexibility index (Phi) is 14.9. The molecule has 1 aromatic heterocycles. The van der Waals surface area contributed by atoms with Gasteiger partial charge >= 0.3 is 17.4 Å². The maximum absolute atomic E-state index is 13.7. The van der Waals surface area contributed by atoms with Crippen LogP contribution in [0.15, 0.2) is 75.7 Å². The van der Waals surface area contributed by atoms with Gasteiger partial charge in [0.1, 0.15) is 6.54 Å². The van der Waals surface area contributed by atoms with E-state index in [1.807, 2.05) is 54.6 Å². The summed E-state index contributed by atoms with van der Waals surface area (Å²) < 4.78 is 68.5. The molecular weight excluding hydrogens is 853 g/mol. The molecule has 0 saturated carbocycles. The standard InChI is InChI=1S/C35H35Br2N2O6.CHF3O3S/c36-26-16-13-17-27(37)34(26)44-35(43)33-24-14-8-10-18-28(24)38(29-19-11-9-15-25(29)33)23-12-6-4-2-1-3-5-7-20-32(42)45-39-30(40)21-22-31(39)41;2-1(3,4)8(5,6)7/h8-11,13-19H,1-7,12,20-23H2;(H,5,6,7)/q+1;/p-1. The van der Waals surface area contributed by atoms with Crippen molar-refractivity contribution in [1.82, 2.24) is 5.06 Å². The van der Waals surface area contributed by atoms with Crippen molar-refractivity contribution >= 4 is 87.5 Å². The van der Waals surface area contributed by atoms with Crippen molar-refractivity contribution in [3.63, 3.8) is 0 Å². The summed E-state index contributed by atoms with van der Waals surface area (Å²) in [6.45, 7) is 0.830. The fourth-order valence-corrected chi connectivity index (χ4v) is 6.87. The first-order chi connectivity index (χ1) is 25.1. The molecule has 3 aromatic carbocycles. The van der Waals surface area contributed by atoms with Gasteiger partial charge in [-0.1, -0.05) is 62.4 Å². The summed E-state index contributed by atoms with van der Waals surface area (Å²) >= 11 is 6.99. The number of esters is 1. The van der Waals surface area contributed by atoms with Gasteiger partial charge in [0.25, 0.3) is 11.8 Å². The van der Waals surface area contributed by atoms with Crippen LogP contribution in [0.25, 0.3) is 21.8 Å². The quantitative estimate of drug-likeness (QED) is 0.0178. The lowest BCUT2D eigenvalue weighted by atomic mass is 10.0. The average molecular weight is 889 g/mol. The van der Waals surface area contributed by atoms with Gasteiger partial charge in [-0.2, -0.15) is 17.7 Å². The van der Waals surface area contributed by atoms with Gasteiger partial charge < -0.3 is 14.1 Å². The molecule has 0 radical (unpaired) electrons. The third-order valence-corrected chi connectivity index (χ3v) is 10.1. The van der Waals surface area contributed by atoms with Crippen LogP contribution in [0.2, 0.25) is 0 Å². The predicted octanol–water partition coefficient (Wildman–Crippen LogP) is 8.19. The van der Waals surface area contributed by atoms with Crippen molar-refractivity contribution in [2.45, 2.75) is 82.7 Å². The molecule has 53 heavy (non-hydrogen) atoms. The number of hydrogen-bond donors (Lipinski definition) is 0. The topological polar surface area (TPSA) is 151 Å². The van der Waals surface area contributed by atoms with E-state index in [2.05, 4.69) is 48.6 Å². The van der Waals surface area contributed by atoms with E-state index in [9.17, 15) is 32.3 Å². The Hall–Kier alpha value is -3.93. The van der Waals surface area contributed by atoms with Crippen molar-refractivity contribution in [2.75, 3.05) is 0 Å². The molecule has 4 aromatic rings. The minimum atomic E-state index is -6.09. The Labute approximate surface area is 320 Å². The number of nitrogens with zero attached hydrogens (tertiary/aromatic N) is 2. The van der Waals surface area contributed by atoms with Crippen molar-refractivity contribution in [1.29, 1.82) is 0 Å². The normalized spacial score (nSPS) is 13.3. The molecule has 1 aliphatic rings. The van der Waals surface area contributed by atoms with Gasteiger partial charge in [-0.3, -0.25) is 9.59 Å². The lowest BCUT2D eigenvalue weighted by Gasteiger charge is -2.13. The first-order valence-electron chi connectivity index (χ1n) is 16.7. The number of pyridine rings is 1. The van der Waals surface area contributed by atoms with Gasteiger partial charge in [0, 0.05) is 37.8 Å². The largest absolute Gasteiger partial charge is 0.741 e. The minimum absolute atomic E-state index is 0.104. The van der Waals surface area contributed by atoms with E-state index in [1.54, 1.807) is 0 Å². The number of amides is 2. The zero-order valence-electron chi connectivity index (χ0n) is 28.2. The van der Waals surface area contributed by atoms with Gasteiger partial charge in [-0.15, -0.1) is 5.06 Å². The number of alkyl halides is 3. The van der Waals surface area contributed by atoms with Crippen LogP contribution in [0.5, 0.6) is 5.75 Å². The highest BCUT2D eigenvalue weighted by Crippen LogP contribution is 2.35. The fraction of sp³-hybridized carbons (Fsp3) is 0.361. The summed E-state index contributed by atoms with van der Waals surface area (Å²) in [4.78, 5) is 53.7. The lowest BCUT2D eigenvalue weighted by Crippen LogP contribution is -2.36. The highest BCUT2D eigenvalue weighted by Gasteiger charge is 2.37. The van der Waals surface area contributed by atoms with Crippen molar-refractivity contribution in [2.24, 2.45) is 0 Å². The van der Waals surface area contributed by atoms with Crippen molar-refractivity contribution in [3.05, 3.63) is 81.2 Å². The van der Waals surface area contributed by atoms with Crippen LogP contribution in [0.3, 0.4) is 0 Å². The monoisotopic (exact) mass is 886 g/mol. The van der Waals surface area contributed by atoms with Crippen LogP contribution in [0.1, 0.15) is 81.0 Å². The van der Waals surface area contributed by atoms with Crippen LogP contribution in [-0.2, 0) is 35.9 Å². The smallest absolute Gasteiger partial charge is 0.485 e. The highest BCUT2D eigenvalue weighted by molar-refractivity contribution is 9.11. The molecule has 1 aliphatic heterocycles. The molecule has 0 N–H and O–H groups in total. The van der Waals surface area contributed by atoms with Crippen molar-refractivity contribution < 1.29 is 59.5 Å². The Morgan fingerprint density at radius 3 is 1.70 bits per heavy atom. The van der Waals surface area contributed by atoms with Crippen LogP contribution in [0, 0.1) is 0 Å². The molecule has 5 rings (SSSR count). The summed E-state index contributed by atoms with van der Waals surface area (Å²) in [6.07, 6.45) is 8.41. The maximum atomic E-state index is 13.7. The molecule has 2 heterocycles. The second-order valence-corrected chi connectivity index (χ2v) is 15.1. The summed E-state index contributed by atoms with van der Waals surface area (Å²) in [6, 6.07) is 21.5. The molecule has 2 amide bonds. The summed E-state index contributed by atoms with van der Waals surface area (Å²) in [5.74, 6) is -1.39. The first kappa shape index (κ1) is 41.8. The second-order valence-electron chi connectivity index (χ2n) is 12.0. The van der Waals surface area contributed by atoms with Crippen LogP contribution >= 0.6 is 31.9 Å². The number of para-hydroxylation sites is 3. The van der Waals surface area contributed by atoms with E-state index in [1.165, 1.54) is 0 Å². The first-order valence-corrected chi connectivity index (χ1v) is 19.7. The molecule has 0 aliphatic carbocycles. The van der Waals surface area contributed by atoms with Crippen LogP contribution in [-0.4, -0.2) is 47.3 Å². The molecule has 0 bridgehead atoms. The summed E-state index contributed by atoms with van der Waals surface area (Å²) in [5, 5.41) is 2.32. The molecular formula is C36H35Br2F3N2O9S. The molecule has 0 spiro atoms. The molecule has 0 unspecified atom stereocenters. The van der Waals surface area contributed by atoms with Gasteiger partial charge in [-0.25, -0.2) is 18.0 Å². The number of hydroxylamine groups is 2. The van der Waals surface area contributed by atoms with Crippen LogP contribution in [0.4, 0.5) is 13.2 Å². The number of carbonyl (C=O) groups excluding carboxylic acids is 4. The zero-order valence-corrected chi connectivity index (χ0v) is 32.2. The molecule has 1 saturated heterocycles. The molecule has 1 fully saturated rings. The Bertz CT molecular complexity index is 2000. The molecule has 11 nitrogen and oxygen atoms in total. The summed E-state index contributed by atoms with van der Waals surface area (Å²) in [7, 11) is -6.09. The Balaban J connectivity index is 0.000000703. The fourth-order valence-electron chi connectivity index (χ4n) is 5.71. The molecule has 284 valence electrons. The second kappa shape index (κ2) is 18.9. The minimum Gasteiger partial charge on any atom is -0.741 e. The SMILES string of the molecule is O=C(CCCCCCCCCC[n+]1c2ccccc2c(C(=O)Oc2c(Br)cccc2Br)c2ccccc21)ON1C(=O)CCC1=O.O=S(=O)([O-])C(F)(F)F. The summed E-state index contributed by atoms with van der Waals surface area (Å²) in [5.41, 5.74) is -3.11. The van der Waals surface area contributed by atoms with E-state index in [-0.39, 0.29) is 19.3 Å². The number of aromatic nitrogens is 1. The Morgan fingerprint density at radius 1 is 0.755 bits per heavy atom. The average Bonchev–Trinajstić information content (AvgIpc) is 3.41. The number of benzene rings is 3. The van der Waals surface area contributed by atoms with Crippen molar-refractivity contribution in [3.8, 4) is 5.75 Å². The highest BCUT2D eigenvalue weighted by atomic mass is 79.9. The molecule has 0 atom stereocenters. The number of rotatable bonds is 14. The lowest BCUT2D eigenvalue weighted by molar-refractivity contribution is -0.645. The third kappa shape index (κ3) is 11.3. The number of hydrogen-bond acceptors (Lipinski definition) is 9. The van der Waals surface area contributed by atoms with Gasteiger partial charge in [-0.05, 0) is 69.0 Å².